The van der Waals surface area contributed by atoms with E-state index in [9.17, 15) is 4.39 Å². The van der Waals surface area contributed by atoms with Crippen LogP contribution >= 0.6 is 49.9 Å². The van der Waals surface area contributed by atoms with E-state index in [2.05, 4.69) is 56.8 Å². The van der Waals surface area contributed by atoms with Crippen LogP contribution in [-0.2, 0) is 0 Å². The van der Waals surface area contributed by atoms with Crippen molar-refractivity contribution in [1.29, 1.82) is 0 Å². The minimum atomic E-state index is -0.195. The Balaban J connectivity index is 2.48. The van der Waals surface area contributed by atoms with E-state index in [1.54, 1.807) is 17.4 Å². The van der Waals surface area contributed by atoms with Gasteiger partial charge in [0.15, 0.2) is 0 Å². The molecule has 0 saturated heterocycles. The summed E-state index contributed by atoms with van der Waals surface area (Å²) in [5, 5.41) is 3.30. The molecule has 1 aromatic carbocycles. The average Bonchev–Trinajstić information content (AvgIpc) is 2.62. The number of hydrogen-bond acceptors (Lipinski definition) is 2. The predicted molar refractivity (Wildman–Crippen MR) is 86.8 cm³/mol. The lowest BCUT2D eigenvalue weighted by Gasteiger charge is -2.17. The Hall–Kier alpha value is 0.0200. The van der Waals surface area contributed by atoms with Gasteiger partial charge in [-0.15, -0.1) is 11.3 Å². The number of halogens is 3. The topological polar surface area (TPSA) is 12.0 Å². The van der Waals surface area contributed by atoms with Crippen molar-refractivity contribution in [3.8, 4) is 0 Å². The third-order valence-electron chi connectivity index (χ3n) is 2.66. The SMILES string of the molecule is CNC(c1ccc(F)cc1I)c1sc(C)cc1Br. The monoisotopic (exact) mass is 439 g/mol. The molecule has 0 aliphatic rings. The van der Waals surface area contributed by atoms with Crippen LogP contribution in [-0.4, -0.2) is 7.05 Å². The second kappa shape index (κ2) is 5.98. The molecule has 0 saturated carbocycles. The molecule has 5 heteroatoms. The molecule has 2 aromatic rings. The summed E-state index contributed by atoms with van der Waals surface area (Å²) in [6.45, 7) is 2.08. The summed E-state index contributed by atoms with van der Waals surface area (Å²) in [6, 6.07) is 7.12. The van der Waals surface area contributed by atoms with E-state index in [0.29, 0.717) is 0 Å². The van der Waals surface area contributed by atoms with Gasteiger partial charge >= 0.3 is 0 Å². The highest BCUT2D eigenvalue weighted by Gasteiger charge is 2.19. The fraction of sp³-hybridized carbons (Fsp3) is 0.231. The van der Waals surface area contributed by atoms with Gasteiger partial charge in [0.1, 0.15) is 5.82 Å². The maximum Gasteiger partial charge on any atom is 0.124 e. The molecule has 1 heterocycles. The van der Waals surface area contributed by atoms with E-state index >= 15 is 0 Å². The zero-order chi connectivity index (χ0) is 13.3. The van der Waals surface area contributed by atoms with Crippen LogP contribution < -0.4 is 5.32 Å². The standard InChI is InChI=1S/C13H12BrFINS/c1-7-5-10(14)13(18-7)12(17-2)9-4-3-8(15)6-11(9)16/h3-6,12,17H,1-2H3. The highest BCUT2D eigenvalue weighted by Crippen LogP contribution is 2.36. The summed E-state index contributed by atoms with van der Waals surface area (Å²) in [4.78, 5) is 2.48. The Morgan fingerprint density at radius 2 is 2.11 bits per heavy atom. The van der Waals surface area contributed by atoms with E-state index in [1.807, 2.05) is 13.1 Å². The lowest BCUT2D eigenvalue weighted by Crippen LogP contribution is -2.18. The smallest absolute Gasteiger partial charge is 0.124 e. The van der Waals surface area contributed by atoms with Gasteiger partial charge in [-0.1, -0.05) is 6.07 Å². The van der Waals surface area contributed by atoms with Crippen LogP contribution in [0.2, 0.25) is 0 Å². The fourth-order valence-electron chi connectivity index (χ4n) is 1.86. The van der Waals surface area contributed by atoms with E-state index in [1.165, 1.54) is 15.8 Å². The summed E-state index contributed by atoms with van der Waals surface area (Å²) in [5.41, 5.74) is 1.10. The number of aryl methyl sites for hydroxylation is 1. The molecular weight excluding hydrogens is 428 g/mol. The van der Waals surface area contributed by atoms with Crippen LogP contribution in [0.25, 0.3) is 0 Å². The quantitative estimate of drug-likeness (QED) is 0.672. The van der Waals surface area contributed by atoms with Crippen LogP contribution in [0.5, 0.6) is 0 Å². The van der Waals surface area contributed by atoms with Gasteiger partial charge in [0.05, 0.1) is 6.04 Å². The minimum Gasteiger partial charge on any atom is -0.309 e. The summed E-state index contributed by atoms with van der Waals surface area (Å²) in [5.74, 6) is -0.195. The molecule has 0 fully saturated rings. The lowest BCUT2D eigenvalue weighted by molar-refractivity contribution is 0.622. The van der Waals surface area contributed by atoms with Gasteiger partial charge in [-0.05, 0) is 76.3 Å². The van der Waals surface area contributed by atoms with Crippen molar-refractivity contribution < 1.29 is 4.39 Å². The van der Waals surface area contributed by atoms with Gasteiger partial charge in [-0.25, -0.2) is 4.39 Å². The number of benzene rings is 1. The van der Waals surface area contributed by atoms with Crippen molar-refractivity contribution in [3.63, 3.8) is 0 Å². The molecule has 96 valence electrons. The third-order valence-corrected chi connectivity index (χ3v) is 5.63. The Morgan fingerprint density at radius 3 is 2.61 bits per heavy atom. The first-order valence-electron chi connectivity index (χ1n) is 5.41. The molecule has 0 spiro atoms. The van der Waals surface area contributed by atoms with E-state index in [0.717, 1.165) is 13.6 Å². The molecule has 1 atom stereocenters. The zero-order valence-corrected chi connectivity index (χ0v) is 14.5. The molecular formula is C13H12BrFINS. The molecule has 1 nitrogen and oxygen atoms in total. The Bertz CT molecular complexity index is 570. The summed E-state index contributed by atoms with van der Waals surface area (Å²) in [7, 11) is 1.92. The van der Waals surface area contributed by atoms with Crippen LogP contribution in [0.4, 0.5) is 4.39 Å². The minimum absolute atomic E-state index is 0.0885. The number of thiophene rings is 1. The lowest BCUT2D eigenvalue weighted by atomic mass is 10.1. The van der Waals surface area contributed by atoms with Crippen molar-refractivity contribution >= 4 is 49.9 Å². The molecule has 18 heavy (non-hydrogen) atoms. The van der Waals surface area contributed by atoms with E-state index in [4.69, 9.17) is 0 Å². The van der Waals surface area contributed by atoms with Crippen LogP contribution in [0.15, 0.2) is 28.7 Å². The summed E-state index contributed by atoms with van der Waals surface area (Å²) in [6.07, 6.45) is 0. The van der Waals surface area contributed by atoms with E-state index in [-0.39, 0.29) is 11.9 Å². The Kier molecular flexibility index (Phi) is 4.80. The highest BCUT2D eigenvalue weighted by molar-refractivity contribution is 14.1. The van der Waals surface area contributed by atoms with Crippen molar-refractivity contribution in [1.82, 2.24) is 5.32 Å². The van der Waals surface area contributed by atoms with Crippen molar-refractivity contribution in [2.24, 2.45) is 0 Å². The van der Waals surface area contributed by atoms with Gasteiger partial charge in [0.25, 0.3) is 0 Å². The van der Waals surface area contributed by atoms with Gasteiger partial charge in [-0.3, -0.25) is 0 Å². The van der Waals surface area contributed by atoms with Crippen LogP contribution in [0.3, 0.4) is 0 Å². The summed E-state index contributed by atoms with van der Waals surface area (Å²) < 4.78 is 15.2. The highest BCUT2D eigenvalue weighted by atomic mass is 127. The summed E-state index contributed by atoms with van der Waals surface area (Å²) >= 11 is 7.52. The normalized spacial score (nSPS) is 12.7. The van der Waals surface area contributed by atoms with Gasteiger partial charge in [0, 0.05) is 17.8 Å². The van der Waals surface area contributed by atoms with Crippen LogP contribution in [0, 0.1) is 16.3 Å². The van der Waals surface area contributed by atoms with Gasteiger partial charge in [0.2, 0.25) is 0 Å². The molecule has 1 unspecified atom stereocenters. The maximum absolute atomic E-state index is 13.2. The fourth-order valence-corrected chi connectivity index (χ4v) is 4.66. The third kappa shape index (κ3) is 2.95. The molecule has 0 aliphatic heterocycles. The number of rotatable bonds is 3. The number of nitrogens with one attached hydrogen (secondary N) is 1. The second-order valence-electron chi connectivity index (χ2n) is 3.96. The van der Waals surface area contributed by atoms with Crippen molar-refractivity contribution in [3.05, 3.63) is 53.4 Å². The maximum atomic E-state index is 13.2. The average molecular weight is 440 g/mol. The molecule has 2 rings (SSSR count). The first kappa shape index (κ1) is 14.4. The van der Waals surface area contributed by atoms with E-state index < -0.39 is 0 Å². The molecule has 1 aromatic heterocycles. The Morgan fingerprint density at radius 1 is 1.39 bits per heavy atom. The van der Waals surface area contributed by atoms with Gasteiger partial charge in [-0.2, -0.15) is 0 Å². The van der Waals surface area contributed by atoms with Crippen LogP contribution in [0.1, 0.15) is 21.4 Å². The molecule has 0 aliphatic carbocycles. The molecule has 0 radical (unpaired) electrons. The van der Waals surface area contributed by atoms with Gasteiger partial charge < -0.3 is 5.32 Å². The largest absolute Gasteiger partial charge is 0.309 e. The molecule has 1 N–H and O–H groups in total. The number of hydrogen-bond donors (Lipinski definition) is 1. The van der Waals surface area contributed by atoms with Crippen molar-refractivity contribution in [2.45, 2.75) is 13.0 Å². The molecule has 0 bridgehead atoms. The molecule has 0 amide bonds. The first-order valence-corrected chi connectivity index (χ1v) is 8.09. The predicted octanol–water partition coefficient (Wildman–Crippen LogP) is 4.87. The zero-order valence-electron chi connectivity index (χ0n) is 9.93. The Labute approximate surface area is 132 Å². The second-order valence-corrected chi connectivity index (χ2v) is 7.26. The van der Waals surface area contributed by atoms with Crippen molar-refractivity contribution in [2.75, 3.05) is 7.05 Å². The first-order chi connectivity index (χ1) is 8.52.